The van der Waals surface area contributed by atoms with Crippen molar-refractivity contribution >= 4 is 11.8 Å². The van der Waals surface area contributed by atoms with Gasteiger partial charge in [0.15, 0.2) is 5.82 Å². The van der Waals surface area contributed by atoms with Gasteiger partial charge in [0.25, 0.3) is 11.1 Å². The molecule has 0 spiro atoms. The van der Waals surface area contributed by atoms with Gasteiger partial charge in [-0.1, -0.05) is 47.3 Å². The van der Waals surface area contributed by atoms with Crippen LogP contribution in [-0.4, -0.2) is 20.3 Å². The van der Waals surface area contributed by atoms with Gasteiger partial charge in [-0.15, -0.1) is 10.2 Å². The zero-order valence-electron chi connectivity index (χ0n) is 13.4. The molecule has 0 amide bonds. The maximum Gasteiger partial charge on any atom is 0.277 e. The van der Waals surface area contributed by atoms with Crippen molar-refractivity contribution in [3.05, 3.63) is 65.7 Å². The van der Waals surface area contributed by atoms with Crippen molar-refractivity contribution < 1.29 is 13.4 Å². The molecule has 0 aliphatic rings. The Morgan fingerprint density at radius 2 is 1.96 bits per heavy atom. The Bertz CT molecular complexity index is 961. The normalized spacial score (nSPS) is 11.1. The molecule has 4 aromatic rings. The molecular formula is C17H14N4O3S. The Kier molecular flexibility index (Phi) is 4.34. The first-order valence-electron chi connectivity index (χ1n) is 7.64. The summed E-state index contributed by atoms with van der Waals surface area (Å²) in [7, 11) is 0. The first-order valence-corrected chi connectivity index (χ1v) is 8.62. The van der Waals surface area contributed by atoms with Gasteiger partial charge >= 0.3 is 0 Å². The van der Waals surface area contributed by atoms with Crippen molar-refractivity contribution in [3.63, 3.8) is 0 Å². The largest absolute Gasteiger partial charge is 0.469 e. The van der Waals surface area contributed by atoms with Gasteiger partial charge < -0.3 is 13.4 Å². The molecule has 0 fully saturated rings. The summed E-state index contributed by atoms with van der Waals surface area (Å²) < 4.78 is 16.1. The molecule has 0 unspecified atom stereocenters. The van der Waals surface area contributed by atoms with Crippen molar-refractivity contribution in [3.8, 4) is 11.5 Å². The standard InChI is InChI=1S/C17H14N4O3S/c1-11-13(7-8-22-11)16-19-20-17(23-16)25-10-15-18-14(21-24-15)9-12-5-3-2-4-6-12/h2-8H,9-10H2,1H3. The summed E-state index contributed by atoms with van der Waals surface area (Å²) in [5.74, 6) is 2.82. The van der Waals surface area contributed by atoms with Crippen LogP contribution >= 0.6 is 11.8 Å². The number of aromatic nitrogens is 4. The number of thioether (sulfide) groups is 1. The predicted molar refractivity (Wildman–Crippen MR) is 89.8 cm³/mol. The summed E-state index contributed by atoms with van der Waals surface area (Å²) in [5.41, 5.74) is 1.93. The topological polar surface area (TPSA) is 91.0 Å². The average molecular weight is 354 g/mol. The second-order valence-electron chi connectivity index (χ2n) is 5.32. The molecule has 0 aliphatic carbocycles. The fourth-order valence-electron chi connectivity index (χ4n) is 2.31. The zero-order chi connectivity index (χ0) is 17.1. The maximum atomic E-state index is 5.62. The van der Waals surface area contributed by atoms with Gasteiger partial charge in [-0.25, -0.2) is 0 Å². The molecular weight excluding hydrogens is 340 g/mol. The SMILES string of the molecule is Cc1occc1-c1nnc(SCc2nc(Cc3ccccc3)no2)o1. The van der Waals surface area contributed by atoms with E-state index in [4.69, 9.17) is 13.4 Å². The van der Waals surface area contributed by atoms with Crippen molar-refractivity contribution in [2.75, 3.05) is 0 Å². The fourth-order valence-corrected chi connectivity index (χ4v) is 2.91. The van der Waals surface area contributed by atoms with E-state index in [1.807, 2.05) is 37.3 Å². The van der Waals surface area contributed by atoms with Gasteiger partial charge in [-0.3, -0.25) is 0 Å². The fraction of sp³-hybridized carbons (Fsp3) is 0.176. The van der Waals surface area contributed by atoms with E-state index in [0.717, 1.165) is 16.9 Å². The van der Waals surface area contributed by atoms with Crippen molar-refractivity contribution in [1.82, 2.24) is 20.3 Å². The number of hydrogen-bond acceptors (Lipinski definition) is 8. The molecule has 4 rings (SSSR count). The van der Waals surface area contributed by atoms with E-state index in [-0.39, 0.29) is 0 Å². The lowest BCUT2D eigenvalue weighted by Crippen LogP contribution is -1.90. The van der Waals surface area contributed by atoms with Gasteiger partial charge in [0.2, 0.25) is 5.89 Å². The molecule has 8 heteroatoms. The number of rotatable bonds is 6. The van der Waals surface area contributed by atoms with Crippen LogP contribution in [0.5, 0.6) is 0 Å². The third kappa shape index (κ3) is 3.63. The smallest absolute Gasteiger partial charge is 0.277 e. The minimum absolute atomic E-state index is 0.434. The summed E-state index contributed by atoms with van der Waals surface area (Å²) >= 11 is 1.35. The van der Waals surface area contributed by atoms with Gasteiger partial charge in [0.05, 0.1) is 17.6 Å². The van der Waals surface area contributed by atoms with Crippen LogP contribution in [0.15, 0.2) is 61.2 Å². The highest BCUT2D eigenvalue weighted by molar-refractivity contribution is 7.98. The van der Waals surface area contributed by atoms with Crippen molar-refractivity contribution in [1.29, 1.82) is 0 Å². The summed E-state index contributed by atoms with van der Waals surface area (Å²) in [4.78, 5) is 4.39. The highest BCUT2D eigenvalue weighted by Crippen LogP contribution is 2.27. The van der Waals surface area contributed by atoms with Gasteiger partial charge in [-0.05, 0) is 18.6 Å². The minimum Gasteiger partial charge on any atom is -0.469 e. The second-order valence-corrected chi connectivity index (χ2v) is 6.25. The van der Waals surface area contributed by atoms with E-state index in [2.05, 4.69) is 20.3 Å². The molecule has 25 heavy (non-hydrogen) atoms. The van der Waals surface area contributed by atoms with Gasteiger partial charge in [-0.2, -0.15) is 4.98 Å². The molecule has 1 aromatic carbocycles. The summed E-state index contributed by atoms with van der Waals surface area (Å²) in [5, 5.41) is 12.5. The number of nitrogens with zero attached hydrogens (tertiary/aromatic N) is 4. The van der Waals surface area contributed by atoms with Crippen LogP contribution in [0.4, 0.5) is 0 Å². The van der Waals surface area contributed by atoms with E-state index in [0.29, 0.717) is 35.0 Å². The molecule has 0 bridgehead atoms. The van der Waals surface area contributed by atoms with E-state index >= 15 is 0 Å². The van der Waals surface area contributed by atoms with Crippen LogP contribution in [-0.2, 0) is 12.2 Å². The lowest BCUT2D eigenvalue weighted by Gasteiger charge is -1.94. The predicted octanol–water partition coefficient (Wildman–Crippen LogP) is 3.90. The highest BCUT2D eigenvalue weighted by atomic mass is 32.2. The quantitative estimate of drug-likeness (QED) is 0.481. The lowest BCUT2D eigenvalue weighted by molar-refractivity contribution is 0.385. The molecule has 0 aliphatic heterocycles. The van der Waals surface area contributed by atoms with E-state index in [1.54, 1.807) is 12.3 Å². The number of furan rings is 1. The first-order chi connectivity index (χ1) is 12.3. The summed E-state index contributed by atoms with van der Waals surface area (Å²) in [6.45, 7) is 1.85. The monoisotopic (exact) mass is 354 g/mol. The Labute approximate surface area is 147 Å². The van der Waals surface area contributed by atoms with Crippen LogP contribution in [0.2, 0.25) is 0 Å². The minimum atomic E-state index is 0.434. The average Bonchev–Trinajstić information content (AvgIpc) is 3.35. The van der Waals surface area contributed by atoms with Crippen LogP contribution in [0.25, 0.3) is 11.5 Å². The summed E-state index contributed by atoms with van der Waals surface area (Å²) in [6, 6.07) is 11.8. The van der Waals surface area contributed by atoms with Crippen molar-refractivity contribution in [2.45, 2.75) is 24.3 Å². The molecule has 7 nitrogen and oxygen atoms in total. The Hall–Kier alpha value is -2.87. The van der Waals surface area contributed by atoms with Crippen LogP contribution in [0.1, 0.15) is 23.0 Å². The number of hydrogen-bond donors (Lipinski definition) is 0. The van der Waals surface area contributed by atoms with E-state index < -0.39 is 0 Å². The molecule has 0 saturated heterocycles. The number of benzene rings is 1. The number of aryl methyl sites for hydroxylation is 1. The molecule has 3 heterocycles. The zero-order valence-corrected chi connectivity index (χ0v) is 14.2. The second kappa shape index (κ2) is 6.94. The van der Waals surface area contributed by atoms with Crippen LogP contribution in [0.3, 0.4) is 0 Å². The van der Waals surface area contributed by atoms with Gasteiger partial charge in [0.1, 0.15) is 5.76 Å². The Morgan fingerprint density at radius 3 is 2.76 bits per heavy atom. The maximum absolute atomic E-state index is 5.62. The molecule has 0 radical (unpaired) electrons. The third-order valence-corrected chi connectivity index (χ3v) is 4.33. The van der Waals surface area contributed by atoms with Crippen molar-refractivity contribution in [2.24, 2.45) is 0 Å². The van der Waals surface area contributed by atoms with E-state index in [9.17, 15) is 0 Å². The molecule has 3 aromatic heterocycles. The van der Waals surface area contributed by atoms with E-state index in [1.165, 1.54) is 11.8 Å². The highest BCUT2D eigenvalue weighted by Gasteiger charge is 2.15. The lowest BCUT2D eigenvalue weighted by atomic mass is 10.1. The molecule has 0 atom stereocenters. The third-order valence-electron chi connectivity index (χ3n) is 3.53. The Morgan fingerprint density at radius 1 is 1.08 bits per heavy atom. The molecule has 126 valence electrons. The molecule has 0 saturated carbocycles. The molecule has 0 N–H and O–H groups in total. The van der Waals surface area contributed by atoms with Gasteiger partial charge in [0, 0.05) is 6.42 Å². The van der Waals surface area contributed by atoms with Crippen LogP contribution < -0.4 is 0 Å². The summed E-state index contributed by atoms with van der Waals surface area (Å²) in [6.07, 6.45) is 2.23. The Balaban J connectivity index is 1.38. The first kappa shape index (κ1) is 15.6. The van der Waals surface area contributed by atoms with Crippen LogP contribution in [0, 0.1) is 6.92 Å².